The number of thiophene rings is 1. The van der Waals surface area contributed by atoms with Crippen molar-refractivity contribution in [1.29, 1.82) is 0 Å². The molecule has 6 nitrogen and oxygen atoms in total. The van der Waals surface area contributed by atoms with Crippen LogP contribution in [0.1, 0.15) is 23.1 Å². The lowest BCUT2D eigenvalue weighted by Crippen LogP contribution is -2.35. The van der Waals surface area contributed by atoms with E-state index in [1.165, 1.54) is 10.4 Å². The minimum Gasteiger partial charge on any atom is -0.280 e. The topological polar surface area (TPSA) is 83.6 Å². The van der Waals surface area contributed by atoms with Gasteiger partial charge in [0.15, 0.2) is 0 Å². The Labute approximate surface area is 191 Å². The lowest BCUT2D eigenvalue weighted by Gasteiger charge is -2.30. The highest BCUT2D eigenvalue weighted by atomic mass is 35.5. The molecule has 0 bridgehead atoms. The lowest BCUT2D eigenvalue weighted by atomic mass is 10.0. The van der Waals surface area contributed by atoms with Crippen LogP contribution in [0.25, 0.3) is 0 Å². The van der Waals surface area contributed by atoms with Gasteiger partial charge < -0.3 is 0 Å². The standard InChI is InChI=1S/C21H21ClN2O4S3/c1-14-12-20(15(2)11-18(14)22)30(25,26)23-17-8-7-16-5-3-9-24(19(16)13-17)31(27,28)21-6-4-10-29-21/h4,6-8,10-13,23H,3,5,9H2,1-2H3. The van der Waals surface area contributed by atoms with Crippen molar-refractivity contribution in [2.75, 3.05) is 15.6 Å². The smallest absolute Gasteiger partial charge is 0.273 e. The average molecular weight is 497 g/mol. The van der Waals surface area contributed by atoms with Crippen molar-refractivity contribution in [1.82, 2.24) is 0 Å². The Balaban J connectivity index is 1.72. The van der Waals surface area contributed by atoms with E-state index in [4.69, 9.17) is 11.6 Å². The highest BCUT2D eigenvalue weighted by Crippen LogP contribution is 2.36. The van der Waals surface area contributed by atoms with Gasteiger partial charge in [0.25, 0.3) is 20.0 Å². The first-order chi connectivity index (χ1) is 14.6. The largest absolute Gasteiger partial charge is 0.280 e. The Kier molecular flexibility index (Phi) is 5.80. The van der Waals surface area contributed by atoms with E-state index in [9.17, 15) is 16.8 Å². The van der Waals surface area contributed by atoms with Gasteiger partial charge in [0.2, 0.25) is 0 Å². The van der Waals surface area contributed by atoms with Gasteiger partial charge in [-0.2, -0.15) is 0 Å². The van der Waals surface area contributed by atoms with E-state index in [2.05, 4.69) is 4.72 Å². The number of fused-ring (bicyclic) bond motifs is 1. The zero-order valence-electron chi connectivity index (χ0n) is 16.9. The second-order valence-electron chi connectivity index (χ2n) is 7.43. The maximum Gasteiger partial charge on any atom is 0.273 e. The molecule has 0 spiro atoms. The van der Waals surface area contributed by atoms with Gasteiger partial charge in [-0.3, -0.25) is 9.03 Å². The molecule has 1 aliphatic heterocycles. The molecular formula is C21H21ClN2O4S3. The van der Waals surface area contributed by atoms with Gasteiger partial charge in [-0.1, -0.05) is 23.7 Å². The van der Waals surface area contributed by atoms with Crippen LogP contribution in [-0.2, 0) is 26.5 Å². The number of benzene rings is 2. The summed E-state index contributed by atoms with van der Waals surface area (Å²) in [6.45, 7) is 3.77. The molecule has 3 aromatic rings. The fourth-order valence-electron chi connectivity index (χ4n) is 3.63. The van der Waals surface area contributed by atoms with Crippen LogP contribution in [0.4, 0.5) is 11.4 Å². The Bertz CT molecular complexity index is 1350. The van der Waals surface area contributed by atoms with E-state index in [-0.39, 0.29) is 9.10 Å². The summed E-state index contributed by atoms with van der Waals surface area (Å²) in [7, 11) is -7.58. The molecule has 0 saturated heterocycles. The van der Waals surface area contributed by atoms with Gasteiger partial charge >= 0.3 is 0 Å². The first-order valence-electron chi connectivity index (χ1n) is 9.58. The molecule has 0 aliphatic carbocycles. The SMILES string of the molecule is Cc1cc(S(=O)(=O)Nc2ccc3c(c2)N(S(=O)(=O)c2cccs2)CCC3)c(C)cc1Cl. The summed E-state index contributed by atoms with van der Waals surface area (Å²) in [5.74, 6) is 0. The van der Waals surface area contributed by atoms with Gasteiger partial charge in [0, 0.05) is 11.6 Å². The van der Waals surface area contributed by atoms with Crippen LogP contribution in [0.2, 0.25) is 5.02 Å². The molecule has 2 heterocycles. The maximum absolute atomic E-state index is 13.1. The zero-order chi connectivity index (χ0) is 22.4. The summed E-state index contributed by atoms with van der Waals surface area (Å²) in [4.78, 5) is 0.134. The number of halogens is 1. The molecule has 0 radical (unpaired) electrons. The van der Waals surface area contributed by atoms with Crippen LogP contribution in [0.3, 0.4) is 0 Å². The summed E-state index contributed by atoms with van der Waals surface area (Å²) in [6, 6.07) is 11.5. The van der Waals surface area contributed by atoms with Crippen LogP contribution < -0.4 is 9.03 Å². The molecule has 0 unspecified atom stereocenters. The predicted octanol–water partition coefficient (Wildman–Crippen LogP) is 4.96. The van der Waals surface area contributed by atoms with Gasteiger partial charge in [0.05, 0.1) is 16.3 Å². The summed E-state index contributed by atoms with van der Waals surface area (Å²) < 4.78 is 56.5. The summed E-state index contributed by atoms with van der Waals surface area (Å²) in [5, 5.41) is 2.22. The van der Waals surface area contributed by atoms with E-state index in [1.54, 1.807) is 55.6 Å². The normalized spacial score (nSPS) is 14.4. The molecule has 2 aromatic carbocycles. The van der Waals surface area contributed by atoms with Crippen LogP contribution in [0, 0.1) is 13.8 Å². The Morgan fingerprint density at radius 3 is 2.52 bits per heavy atom. The molecule has 31 heavy (non-hydrogen) atoms. The van der Waals surface area contributed by atoms with Crippen molar-refractivity contribution in [2.45, 2.75) is 35.8 Å². The first kappa shape index (κ1) is 22.1. The molecule has 10 heteroatoms. The summed E-state index contributed by atoms with van der Waals surface area (Å²) in [6.07, 6.45) is 1.43. The number of nitrogens with one attached hydrogen (secondary N) is 1. The third-order valence-corrected chi connectivity index (χ3v) is 10.3. The summed E-state index contributed by atoms with van der Waals surface area (Å²) in [5.41, 5.74) is 2.87. The highest BCUT2D eigenvalue weighted by Gasteiger charge is 2.30. The van der Waals surface area contributed by atoms with Crippen molar-refractivity contribution in [2.24, 2.45) is 0 Å². The minimum atomic E-state index is -3.88. The number of anilines is 2. The van der Waals surface area contributed by atoms with Gasteiger partial charge in [0.1, 0.15) is 4.21 Å². The third-order valence-electron chi connectivity index (χ3n) is 5.20. The van der Waals surface area contributed by atoms with Crippen LogP contribution in [-0.4, -0.2) is 23.4 Å². The van der Waals surface area contributed by atoms with Crippen molar-refractivity contribution < 1.29 is 16.8 Å². The monoisotopic (exact) mass is 496 g/mol. The number of aryl methyl sites for hydroxylation is 3. The number of hydrogen-bond donors (Lipinski definition) is 1. The highest BCUT2D eigenvalue weighted by molar-refractivity contribution is 7.94. The molecule has 4 rings (SSSR count). The van der Waals surface area contributed by atoms with Crippen LogP contribution >= 0.6 is 22.9 Å². The second-order valence-corrected chi connectivity index (χ2v) is 12.5. The van der Waals surface area contributed by atoms with Crippen LogP contribution in [0.5, 0.6) is 0 Å². The predicted molar refractivity (Wildman–Crippen MR) is 125 cm³/mol. The fraction of sp³-hybridized carbons (Fsp3) is 0.238. The van der Waals surface area contributed by atoms with Gasteiger partial charge in [-0.05, 0) is 79.1 Å². The number of rotatable bonds is 5. The number of hydrogen-bond acceptors (Lipinski definition) is 5. The molecule has 0 amide bonds. The first-order valence-corrected chi connectivity index (χ1v) is 13.8. The quantitative estimate of drug-likeness (QED) is 0.541. The molecular weight excluding hydrogens is 476 g/mol. The Morgan fingerprint density at radius 2 is 1.81 bits per heavy atom. The summed E-state index contributed by atoms with van der Waals surface area (Å²) >= 11 is 7.26. The molecule has 164 valence electrons. The van der Waals surface area contributed by atoms with Crippen molar-refractivity contribution in [3.8, 4) is 0 Å². The zero-order valence-corrected chi connectivity index (χ0v) is 20.1. The number of sulfonamides is 2. The van der Waals surface area contributed by atoms with Crippen molar-refractivity contribution in [3.05, 3.63) is 69.6 Å². The average Bonchev–Trinajstić information content (AvgIpc) is 3.25. The van der Waals surface area contributed by atoms with E-state index >= 15 is 0 Å². The van der Waals surface area contributed by atoms with E-state index in [1.807, 2.05) is 0 Å². The van der Waals surface area contributed by atoms with Crippen LogP contribution in [0.15, 0.2) is 56.9 Å². The molecule has 0 fully saturated rings. The van der Waals surface area contributed by atoms with E-state index in [0.717, 1.165) is 23.3 Å². The minimum absolute atomic E-state index is 0.134. The van der Waals surface area contributed by atoms with Gasteiger partial charge in [-0.25, -0.2) is 16.8 Å². The second kappa shape index (κ2) is 8.12. The van der Waals surface area contributed by atoms with Gasteiger partial charge in [-0.15, -0.1) is 11.3 Å². The molecule has 0 saturated carbocycles. The molecule has 1 aromatic heterocycles. The third kappa shape index (κ3) is 4.19. The van der Waals surface area contributed by atoms with E-state index < -0.39 is 20.0 Å². The molecule has 0 atom stereocenters. The fourth-order valence-corrected chi connectivity index (χ4v) is 7.84. The van der Waals surface area contributed by atoms with Crippen molar-refractivity contribution in [3.63, 3.8) is 0 Å². The molecule has 1 aliphatic rings. The Morgan fingerprint density at radius 1 is 1.03 bits per heavy atom. The lowest BCUT2D eigenvalue weighted by molar-refractivity contribution is 0.588. The maximum atomic E-state index is 13.1. The van der Waals surface area contributed by atoms with E-state index in [0.29, 0.717) is 40.5 Å². The Hall–Kier alpha value is -2.07. The van der Waals surface area contributed by atoms with Crippen molar-refractivity contribution >= 4 is 54.4 Å². The molecule has 1 N–H and O–H groups in total. The number of nitrogens with zero attached hydrogens (tertiary/aromatic N) is 1.